The van der Waals surface area contributed by atoms with E-state index in [1.165, 1.54) is 13.8 Å². The summed E-state index contributed by atoms with van der Waals surface area (Å²) >= 11 is 0. The second-order valence-electron chi connectivity index (χ2n) is 15.4. The third-order valence-corrected chi connectivity index (χ3v) is 14.0. The average Bonchev–Trinajstić information content (AvgIpc) is 3.29. The van der Waals surface area contributed by atoms with E-state index in [4.69, 9.17) is 9.47 Å². The summed E-state index contributed by atoms with van der Waals surface area (Å²) in [7, 11) is 0. The molecule has 0 aromatic carbocycles. The molecular weight excluding hydrogens is 504 g/mol. The number of Topliss-reactive ketones (excluding diaryl/α,β-unsaturated/α-hetero) is 1. The lowest BCUT2D eigenvalue weighted by molar-refractivity contribution is -0.240. The number of aliphatic hydroxyl groups is 1. The second kappa shape index (κ2) is 9.95. The molecule has 5 fully saturated rings. The maximum absolute atomic E-state index is 13.4. The molecule has 0 unspecified atom stereocenters. The van der Waals surface area contributed by atoms with E-state index < -0.39 is 5.41 Å². The van der Waals surface area contributed by atoms with Crippen LogP contribution in [0.15, 0.2) is 12.2 Å². The largest absolute Gasteiger partial charge is 0.465 e. The van der Waals surface area contributed by atoms with E-state index in [0.29, 0.717) is 30.8 Å². The van der Waals surface area contributed by atoms with Gasteiger partial charge in [-0.3, -0.25) is 14.4 Å². The number of hydrogen-bond acceptors (Lipinski definition) is 6. The number of fused-ring (bicyclic) bond motifs is 7. The summed E-state index contributed by atoms with van der Waals surface area (Å²) in [5.74, 6) is 1.52. The van der Waals surface area contributed by atoms with Gasteiger partial charge in [-0.15, -0.1) is 0 Å². The normalized spacial score (nSPS) is 47.8. The highest BCUT2D eigenvalue weighted by Crippen LogP contribution is 2.77. The molecule has 0 amide bonds. The predicted molar refractivity (Wildman–Crippen MR) is 153 cm³/mol. The van der Waals surface area contributed by atoms with Gasteiger partial charge in [0.05, 0.1) is 18.6 Å². The van der Waals surface area contributed by atoms with Crippen LogP contribution in [0.25, 0.3) is 0 Å². The van der Waals surface area contributed by atoms with Crippen molar-refractivity contribution in [1.29, 1.82) is 0 Å². The monoisotopic (exact) mass is 556 g/mol. The van der Waals surface area contributed by atoms with Crippen LogP contribution in [-0.2, 0) is 23.9 Å². The van der Waals surface area contributed by atoms with Gasteiger partial charge in [-0.25, -0.2) is 0 Å². The van der Waals surface area contributed by atoms with Crippen LogP contribution in [0.4, 0.5) is 0 Å². The summed E-state index contributed by atoms with van der Waals surface area (Å²) in [6.07, 6.45) is 9.96. The van der Waals surface area contributed by atoms with E-state index >= 15 is 0 Å². The highest BCUT2D eigenvalue weighted by molar-refractivity contribution is 5.86. The molecule has 0 radical (unpaired) electrons. The Bertz CT molecular complexity index is 1080. The van der Waals surface area contributed by atoms with Gasteiger partial charge in [0.2, 0.25) is 0 Å². The average molecular weight is 557 g/mol. The van der Waals surface area contributed by atoms with Gasteiger partial charge in [0.1, 0.15) is 12.4 Å². The number of ether oxygens (including phenoxy) is 2. The Kier molecular flexibility index (Phi) is 7.41. The van der Waals surface area contributed by atoms with Crippen LogP contribution in [-0.4, -0.2) is 42.6 Å². The number of rotatable bonds is 6. The molecule has 5 aliphatic carbocycles. The molecule has 40 heavy (non-hydrogen) atoms. The number of esters is 2. The Morgan fingerprint density at radius 2 is 1.52 bits per heavy atom. The van der Waals surface area contributed by atoms with Gasteiger partial charge in [-0.1, -0.05) is 27.4 Å². The molecule has 0 aromatic rings. The Hall–Kier alpha value is -1.69. The van der Waals surface area contributed by atoms with Crippen LogP contribution in [0.3, 0.4) is 0 Å². The lowest BCUT2D eigenvalue weighted by atomic mass is 9.32. The molecule has 5 rings (SSSR count). The maximum atomic E-state index is 13.4. The molecule has 0 aromatic heterocycles. The number of carbonyl (C=O) groups is 3. The van der Waals surface area contributed by atoms with E-state index in [1.54, 1.807) is 0 Å². The maximum Gasteiger partial charge on any atom is 0.302 e. The SMILES string of the molecule is C=C(CO)[C@@H]1CC[C@]2(COC(C)=O)CC[C@]3(C)[C@H](CC[C@@H]4[C@@]5(C)CCC(=O)[C@@](C)(COC(C)=O)[C@@H]5CC[C@]43C)[C@@H]12. The standard InChI is InChI=1S/C34H52O6/c1-21(18-35)24-10-15-34(20-40-23(3)37)17-16-32(6)25(29(24)34)8-9-27-30(4)13-12-28(38)31(5,19-39-22(2)36)26(30)11-14-33(27,32)7/h24-27,29,35H,1,8-20H2,2-7H3/t24-,25+,26+,27+,29+,30-,31-,32+,33+,34+/m0/s1. The molecule has 10 atom stereocenters. The molecule has 6 heteroatoms. The number of carbonyl (C=O) groups excluding carboxylic acids is 3. The first-order valence-corrected chi connectivity index (χ1v) is 15.8. The smallest absolute Gasteiger partial charge is 0.302 e. The van der Waals surface area contributed by atoms with Crippen molar-refractivity contribution in [3.05, 3.63) is 12.2 Å². The van der Waals surface area contributed by atoms with Crippen molar-refractivity contribution in [3.8, 4) is 0 Å². The first-order chi connectivity index (χ1) is 18.7. The summed E-state index contributed by atoms with van der Waals surface area (Å²) in [5, 5.41) is 10.2. The quantitative estimate of drug-likeness (QED) is 0.305. The van der Waals surface area contributed by atoms with Gasteiger partial charge in [-0.2, -0.15) is 0 Å². The molecule has 0 aliphatic heterocycles. The molecule has 0 bridgehead atoms. The summed E-state index contributed by atoms with van der Waals surface area (Å²) in [4.78, 5) is 37.1. The molecular formula is C34H52O6. The topological polar surface area (TPSA) is 89.9 Å². The zero-order valence-corrected chi connectivity index (χ0v) is 25.8. The fourth-order valence-electron chi connectivity index (χ4n) is 11.9. The molecule has 0 saturated heterocycles. The molecule has 0 heterocycles. The Balaban J connectivity index is 1.51. The highest BCUT2D eigenvalue weighted by Gasteiger charge is 2.71. The van der Waals surface area contributed by atoms with Crippen molar-refractivity contribution < 1.29 is 29.0 Å². The minimum atomic E-state index is -0.626. The number of ketones is 1. The Labute approximate surface area is 241 Å². The van der Waals surface area contributed by atoms with E-state index in [0.717, 1.165) is 63.4 Å². The van der Waals surface area contributed by atoms with Gasteiger partial charge in [0.15, 0.2) is 0 Å². The van der Waals surface area contributed by atoms with E-state index in [2.05, 4.69) is 34.3 Å². The van der Waals surface area contributed by atoms with Gasteiger partial charge in [0, 0.05) is 25.7 Å². The molecule has 5 saturated carbocycles. The van der Waals surface area contributed by atoms with Crippen LogP contribution in [0.5, 0.6) is 0 Å². The lowest BCUT2D eigenvalue weighted by Gasteiger charge is -2.72. The van der Waals surface area contributed by atoms with Gasteiger partial charge in [0.25, 0.3) is 0 Å². The first-order valence-electron chi connectivity index (χ1n) is 15.8. The highest BCUT2D eigenvalue weighted by atomic mass is 16.5. The fourth-order valence-corrected chi connectivity index (χ4v) is 11.9. The van der Waals surface area contributed by atoms with Gasteiger partial charge < -0.3 is 14.6 Å². The summed E-state index contributed by atoms with van der Waals surface area (Å²) in [5.41, 5.74) is 0.515. The molecule has 5 aliphatic rings. The van der Waals surface area contributed by atoms with Crippen LogP contribution in [0, 0.1) is 56.7 Å². The molecule has 6 nitrogen and oxygen atoms in total. The van der Waals surface area contributed by atoms with Gasteiger partial charge in [-0.05, 0) is 116 Å². The summed E-state index contributed by atoms with van der Waals surface area (Å²) in [6, 6.07) is 0. The van der Waals surface area contributed by atoms with Crippen molar-refractivity contribution in [1.82, 2.24) is 0 Å². The first kappa shape index (κ1) is 29.8. The van der Waals surface area contributed by atoms with Gasteiger partial charge >= 0.3 is 11.9 Å². The summed E-state index contributed by atoms with van der Waals surface area (Å²) < 4.78 is 11.3. The fraction of sp³-hybridized carbons (Fsp3) is 0.853. The van der Waals surface area contributed by atoms with E-state index in [1.807, 2.05) is 0 Å². The van der Waals surface area contributed by atoms with Crippen molar-refractivity contribution in [2.24, 2.45) is 56.7 Å². The van der Waals surface area contributed by atoms with Crippen molar-refractivity contribution in [2.45, 2.75) is 106 Å². The Morgan fingerprint density at radius 1 is 0.850 bits per heavy atom. The minimum absolute atomic E-state index is 0.0137. The zero-order chi connectivity index (χ0) is 29.3. The molecule has 224 valence electrons. The van der Waals surface area contributed by atoms with E-state index in [9.17, 15) is 19.5 Å². The van der Waals surface area contributed by atoms with Crippen molar-refractivity contribution in [2.75, 3.05) is 19.8 Å². The van der Waals surface area contributed by atoms with Crippen LogP contribution >= 0.6 is 0 Å². The third-order valence-electron chi connectivity index (χ3n) is 14.0. The molecule has 1 N–H and O–H groups in total. The van der Waals surface area contributed by atoms with Crippen LogP contribution in [0.1, 0.15) is 106 Å². The minimum Gasteiger partial charge on any atom is -0.465 e. The third kappa shape index (κ3) is 4.08. The molecule has 0 spiro atoms. The van der Waals surface area contributed by atoms with E-state index in [-0.39, 0.29) is 64.4 Å². The summed E-state index contributed by atoms with van der Waals surface area (Å²) in [6.45, 7) is 17.6. The van der Waals surface area contributed by atoms with Crippen LogP contribution in [0.2, 0.25) is 0 Å². The van der Waals surface area contributed by atoms with Crippen LogP contribution < -0.4 is 0 Å². The lowest BCUT2D eigenvalue weighted by Crippen LogP contribution is -2.67. The Morgan fingerprint density at radius 3 is 2.17 bits per heavy atom. The second-order valence-corrected chi connectivity index (χ2v) is 15.4. The predicted octanol–water partition coefficient (Wildman–Crippen LogP) is 6.29. The zero-order valence-electron chi connectivity index (χ0n) is 25.8. The number of hydrogen-bond donors (Lipinski definition) is 1. The van der Waals surface area contributed by atoms with Crippen molar-refractivity contribution in [3.63, 3.8) is 0 Å². The van der Waals surface area contributed by atoms with Crippen molar-refractivity contribution >= 4 is 17.7 Å². The number of aliphatic hydroxyl groups excluding tert-OH is 1.